The van der Waals surface area contributed by atoms with Crippen LogP contribution in [0.1, 0.15) is 18.1 Å². The molecule has 0 aromatic heterocycles. The first-order valence-corrected chi connectivity index (χ1v) is 10.9. The van der Waals surface area contributed by atoms with Crippen LogP contribution in [0.2, 0.25) is 15.1 Å². The summed E-state index contributed by atoms with van der Waals surface area (Å²) in [5, 5.41) is 1.90. The predicted octanol–water partition coefficient (Wildman–Crippen LogP) is 8.01. The topological polar surface area (TPSA) is 9.23 Å². The Labute approximate surface area is 188 Å². The van der Waals surface area contributed by atoms with Crippen LogP contribution in [-0.4, -0.2) is 10.4 Å². The SMILES string of the molecule is CC(Br)(Cc1ccccc1)C1Cc2cc(Cl)cc(-c3cc(Cl)ccc3Cl)c2O1. The Morgan fingerprint density at radius 3 is 2.43 bits per heavy atom. The standard InChI is InChI=1S/C23H18BrCl3O/c1-23(24,13-14-5-3-2-4-6-14)21-10-15-9-17(26)12-19(22(15)28-21)18-11-16(25)7-8-20(18)27/h2-9,11-12,21H,10,13H2,1H3. The van der Waals surface area contributed by atoms with Gasteiger partial charge in [0.2, 0.25) is 0 Å². The van der Waals surface area contributed by atoms with E-state index in [0.717, 1.165) is 35.3 Å². The van der Waals surface area contributed by atoms with Gasteiger partial charge >= 0.3 is 0 Å². The minimum Gasteiger partial charge on any atom is -0.488 e. The second kappa shape index (κ2) is 7.91. The van der Waals surface area contributed by atoms with Gasteiger partial charge in [-0.1, -0.05) is 81.1 Å². The summed E-state index contributed by atoms with van der Waals surface area (Å²) in [4.78, 5) is 0. The Morgan fingerprint density at radius 1 is 0.964 bits per heavy atom. The van der Waals surface area contributed by atoms with Gasteiger partial charge in [0.25, 0.3) is 0 Å². The maximum atomic E-state index is 6.47. The number of hydrogen-bond donors (Lipinski definition) is 0. The molecule has 3 aromatic rings. The molecule has 0 aliphatic carbocycles. The molecule has 0 fully saturated rings. The summed E-state index contributed by atoms with van der Waals surface area (Å²) >= 11 is 23.0. The third-order valence-corrected chi connectivity index (χ3v) is 6.65. The lowest BCUT2D eigenvalue weighted by Gasteiger charge is -2.29. The van der Waals surface area contributed by atoms with Crippen molar-refractivity contribution in [2.75, 3.05) is 0 Å². The third kappa shape index (κ3) is 4.07. The van der Waals surface area contributed by atoms with E-state index in [1.807, 2.05) is 24.3 Å². The molecule has 1 aliphatic rings. The molecule has 0 saturated carbocycles. The van der Waals surface area contributed by atoms with E-state index in [1.165, 1.54) is 5.56 Å². The molecule has 3 aromatic carbocycles. The highest BCUT2D eigenvalue weighted by atomic mass is 79.9. The van der Waals surface area contributed by atoms with Gasteiger partial charge in [-0.3, -0.25) is 0 Å². The number of fused-ring (bicyclic) bond motifs is 1. The fourth-order valence-corrected chi connectivity index (χ4v) is 4.88. The molecule has 4 rings (SSSR count). The highest BCUT2D eigenvalue weighted by Crippen LogP contribution is 2.47. The summed E-state index contributed by atoms with van der Waals surface area (Å²) in [5.74, 6) is 0.831. The summed E-state index contributed by atoms with van der Waals surface area (Å²) in [6.07, 6.45) is 1.60. The molecule has 0 saturated heterocycles. The van der Waals surface area contributed by atoms with E-state index in [0.29, 0.717) is 15.1 Å². The van der Waals surface area contributed by atoms with Crippen LogP contribution in [-0.2, 0) is 12.8 Å². The van der Waals surface area contributed by atoms with E-state index in [1.54, 1.807) is 12.1 Å². The molecule has 0 radical (unpaired) electrons. The number of hydrogen-bond acceptors (Lipinski definition) is 1. The van der Waals surface area contributed by atoms with Crippen molar-refractivity contribution in [3.05, 3.63) is 86.9 Å². The van der Waals surface area contributed by atoms with Crippen LogP contribution in [0.5, 0.6) is 5.75 Å². The second-order valence-corrected chi connectivity index (χ2v) is 10.4. The monoisotopic (exact) mass is 494 g/mol. The Bertz CT molecular complexity index is 1020. The van der Waals surface area contributed by atoms with E-state index in [4.69, 9.17) is 39.5 Å². The van der Waals surface area contributed by atoms with Crippen LogP contribution >= 0.6 is 50.7 Å². The van der Waals surface area contributed by atoms with Crippen LogP contribution in [0.15, 0.2) is 60.7 Å². The van der Waals surface area contributed by atoms with E-state index >= 15 is 0 Å². The summed E-state index contributed by atoms with van der Waals surface area (Å²) in [6.45, 7) is 2.17. The summed E-state index contributed by atoms with van der Waals surface area (Å²) in [7, 11) is 0. The van der Waals surface area contributed by atoms with E-state index < -0.39 is 0 Å². The van der Waals surface area contributed by atoms with Crippen molar-refractivity contribution in [2.24, 2.45) is 0 Å². The van der Waals surface area contributed by atoms with E-state index in [-0.39, 0.29) is 10.4 Å². The van der Waals surface area contributed by atoms with Gasteiger partial charge in [-0.15, -0.1) is 0 Å². The zero-order valence-electron chi connectivity index (χ0n) is 15.2. The molecule has 0 spiro atoms. The second-order valence-electron chi connectivity index (χ2n) is 7.32. The number of rotatable bonds is 4. The van der Waals surface area contributed by atoms with Crippen molar-refractivity contribution in [2.45, 2.75) is 30.2 Å². The van der Waals surface area contributed by atoms with Crippen LogP contribution in [0.4, 0.5) is 0 Å². The van der Waals surface area contributed by atoms with Crippen molar-refractivity contribution in [3.8, 4) is 16.9 Å². The molecule has 2 atom stereocenters. The number of benzene rings is 3. The van der Waals surface area contributed by atoms with E-state index in [2.05, 4.69) is 47.1 Å². The van der Waals surface area contributed by atoms with Gasteiger partial charge in [0.15, 0.2) is 0 Å². The predicted molar refractivity (Wildman–Crippen MR) is 123 cm³/mol. The molecule has 0 amide bonds. The average molecular weight is 497 g/mol. The third-order valence-electron chi connectivity index (χ3n) is 5.08. The van der Waals surface area contributed by atoms with Gasteiger partial charge in [0, 0.05) is 32.6 Å². The van der Waals surface area contributed by atoms with Crippen molar-refractivity contribution in [1.29, 1.82) is 0 Å². The maximum Gasteiger partial charge on any atom is 0.131 e. The number of ether oxygens (including phenoxy) is 1. The number of alkyl halides is 1. The normalized spacial score (nSPS) is 17.7. The van der Waals surface area contributed by atoms with Crippen molar-refractivity contribution >= 4 is 50.7 Å². The first-order valence-electron chi connectivity index (χ1n) is 9.01. The Hall–Kier alpha value is -1.19. The maximum absolute atomic E-state index is 6.47. The molecule has 0 N–H and O–H groups in total. The van der Waals surface area contributed by atoms with Crippen molar-refractivity contribution < 1.29 is 4.74 Å². The lowest BCUT2D eigenvalue weighted by molar-refractivity contribution is 0.192. The van der Waals surface area contributed by atoms with Crippen LogP contribution < -0.4 is 4.74 Å². The minimum absolute atomic E-state index is 0.0297. The van der Waals surface area contributed by atoms with Crippen LogP contribution in [0.25, 0.3) is 11.1 Å². The van der Waals surface area contributed by atoms with Crippen molar-refractivity contribution in [1.82, 2.24) is 0 Å². The zero-order valence-corrected chi connectivity index (χ0v) is 19.0. The highest BCUT2D eigenvalue weighted by Gasteiger charge is 2.39. The van der Waals surface area contributed by atoms with Gasteiger partial charge in [-0.05, 0) is 54.8 Å². The molecule has 0 bridgehead atoms. The van der Waals surface area contributed by atoms with Gasteiger partial charge in [-0.2, -0.15) is 0 Å². The molecule has 1 heterocycles. The van der Waals surface area contributed by atoms with Crippen LogP contribution in [0, 0.1) is 0 Å². The fraction of sp³-hybridized carbons (Fsp3) is 0.217. The molecule has 28 heavy (non-hydrogen) atoms. The molecule has 1 aliphatic heterocycles. The molecule has 144 valence electrons. The Balaban J connectivity index is 1.69. The molecule has 2 unspecified atom stereocenters. The van der Waals surface area contributed by atoms with Crippen LogP contribution in [0.3, 0.4) is 0 Å². The lowest BCUT2D eigenvalue weighted by Crippen LogP contribution is -2.38. The highest BCUT2D eigenvalue weighted by molar-refractivity contribution is 9.10. The summed E-state index contributed by atoms with van der Waals surface area (Å²) in [6, 6.07) is 19.7. The first-order chi connectivity index (χ1) is 13.3. The van der Waals surface area contributed by atoms with Gasteiger partial charge < -0.3 is 4.74 Å². The first kappa shape index (κ1) is 20.1. The Kier molecular flexibility index (Phi) is 5.68. The fourth-order valence-electron chi connectivity index (χ4n) is 3.67. The zero-order chi connectivity index (χ0) is 19.9. The molecular formula is C23H18BrCl3O. The molecule has 1 nitrogen and oxygen atoms in total. The Morgan fingerprint density at radius 2 is 1.68 bits per heavy atom. The summed E-state index contributed by atoms with van der Waals surface area (Å²) < 4.78 is 6.25. The molecule has 5 heteroatoms. The van der Waals surface area contributed by atoms with Gasteiger partial charge in [0.05, 0.1) is 4.32 Å². The molecular weight excluding hydrogens is 479 g/mol. The summed E-state index contributed by atoms with van der Waals surface area (Å²) in [5.41, 5.74) is 4.05. The smallest absolute Gasteiger partial charge is 0.131 e. The van der Waals surface area contributed by atoms with Gasteiger partial charge in [0.1, 0.15) is 11.9 Å². The average Bonchev–Trinajstić information content (AvgIpc) is 3.08. The number of halogens is 4. The quantitative estimate of drug-likeness (QED) is 0.332. The van der Waals surface area contributed by atoms with E-state index in [9.17, 15) is 0 Å². The largest absolute Gasteiger partial charge is 0.488 e. The van der Waals surface area contributed by atoms with Crippen molar-refractivity contribution in [3.63, 3.8) is 0 Å². The van der Waals surface area contributed by atoms with Gasteiger partial charge in [-0.25, -0.2) is 0 Å². The lowest BCUT2D eigenvalue weighted by atomic mass is 9.92. The minimum atomic E-state index is -0.227.